The number of benzene rings is 2. The van der Waals surface area contributed by atoms with Crippen LogP contribution in [0.25, 0.3) is 0 Å². The predicted molar refractivity (Wildman–Crippen MR) is 114 cm³/mol. The van der Waals surface area contributed by atoms with Crippen molar-refractivity contribution in [3.8, 4) is 11.5 Å². The average molecular weight is 441 g/mol. The molecule has 29 heavy (non-hydrogen) atoms. The third-order valence-electron chi connectivity index (χ3n) is 4.36. The van der Waals surface area contributed by atoms with Crippen LogP contribution in [0, 0.1) is 0 Å². The van der Waals surface area contributed by atoms with Gasteiger partial charge in [-0.1, -0.05) is 36.7 Å². The molecule has 0 unspecified atom stereocenters. The Labute approximate surface area is 176 Å². The highest BCUT2D eigenvalue weighted by Gasteiger charge is 2.24. The predicted octanol–water partition coefficient (Wildman–Crippen LogP) is 3.39. The van der Waals surface area contributed by atoms with E-state index >= 15 is 0 Å². The van der Waals surface area contributed by atoms with Gasteiger partial charge in [0.15, 0.2) is 11.5 Å². The largest absolute Gasteiger partial charge is 0.493 e. The summed E-state index contributed by atoms with van der Waals surface area (Å²) in [6, 6.07) is 11.5. The zero-order chi connectivity index (χ0) is 21.6. The van der Waals surface area contributed by atoms with Crippen LogP contribution in [0.4, 0.5) is 5.69 Å². The van der Waals surface area contributed by atoms with Gasteiger partial charge in [-0.3, -0.25) is 9.10 Å². The Bertz CT molecular complexity index is 965. The summed E-state index contributed by atoms with van der Waals surface area (Å²) in [5.41, 5.74) is 1.08. The maximum atomic E-state index is 12.7. The van der Waals surface area contributed by atoms with E-state index in [2.05, 4.69) is 5.32 Å². The molecular weight excluding hydrogens is 416 g/mol. The highest BCUT2D eigenvalue weighted by molar-refractivity contribution is 7.92. The van der Waals surface area contributed by atoms with Crippen molar-refractivity contribution in [3.05, 3.63) is 53.1 Å². The van der Waals surface area contributed by atoms with Gasteiger partial charge >= 0.3 is 0 Å². The molecule has 2 rings (SSSR count). The number of amides is 1. The van der Waals surface area contributed by atoms with E-state index < -0.39 is 15.9 Å². The number of carbonyl (C=O) groups excluding carboxylic acids is 1. The number of anilines is 1. The number of hydrogen-bond donors (Lipinski definition) is 1. The van der Waals surface area contributed by atoms with Crippen molar-refractivity contribution in [3.63, 3.8) is 0 Å². The molecule has 2 aromatic rings. The van der Waals surface area contributed by atoms with Crippen molar-refractivity contribution in [2.75, 3.05) is 31.3 Å². The van der Waals surface area contributed by atoms with Gasteiger partial charge in [0.2, 0.25) is 15.9 Å². The summed E-state index contributed by atoms with van der Waals surface area (Å²) in [5.74, 6) is 0.683. The maximum Gasteiger partial charge on any atom is 0.241 e. The fraction of sp³-hybridized carbons (Fsp3) is 0.350. The fourth-order valence-corrected chi connectivity index (χ4v) is 4.05. The Morgan fingerprint density at radius 3 is 2.34 bits per heavy atom. The van der Waals surface area contributed by atoms with Crippen LogP contribution in [0.2, 0.25) is 5.02 Å². The molecule has 0 saturated heterocycles. The number of methoxy groups -OCH3 is 2. The SMILES string of the molecule is CC[C@H](NC(=O)CN(c1ccccc1Cl)S(C)(=O)=O)c1ccc(OC)c(OC)c1. The monoisotopic (exact) mass is 440 g/mol. The summed E-state index contributed by atoms with van der Waals surface area (Å²) in [7, 11) is -0.628. The van der Waals surface area contributed by atoms with Crippen molar-refractivity contribution in [2.45, 2.75) is 19.4 Å². The lowest BCUT2D eigenvalue weighted by Gasteiger charge is -2.25. The summed E-state index contributed by atoms with van der Waals surface area (Å²) < 4.78 is 36.1. The number of hydrogen-bond acceptors (Lipinski definition) is 5. The Morgan fingerprint density at radius 2 is 1.79 bits per heavy atom. The summed E-state index contributed by atoms with van der Waals surface area (Å²) in [5, 5.41) is 3.13. The van der Waals surface area contributed by atoms with Crippen molar-refractivity contribution in [1.82, 2.24) is 5.32 Å². The smallest absolute Gasteiger partial charge is 0.241 e. The van der Waals surface area contributed by atoms with E-state index in [9.17, 15) is 13.2 Å². The maximum absolute atomic E-state index is 12.7. The fourth-order valence-electron chi connectivity index (χ4n) is 2.90. The first-order chi connectivity index (χ1) is 13.7. The molecule has 0 spiro atoms. The van der Waals surface area contributed by atoms with Gasteiger partial charge in [-0.05, 0) is 36.2 Å². The molecule has 0 aliphatic heterocycles. The second kappa shape index (κ2) is 9.84. The Kier molecular flexibility index (Phi) is 7.75. The van der Waals surface area contributed by atoms with Gasteiger partial charge in [-0.25, -0.2) is 8.42 Å². The number of halogens is 1. The summed E-state index contributed by atoms with van der Waals surface area (Å²) in [6.45, 7) is 1.54. The summed E-state index contributed by atoms with van der Waals surface area (Å²) in [4.78, 5) is 12.7. The Balaban J connectivity index is 2.23. The first-order valence-corrected chi connectivity index (χ1v) is 11.2. The van der Waals surface area contributed by atoms with Crippen LogP contribution < -0.4 is 19.1 Å². The molecule has 0 aliphatic rings. The minimum atomic E-state index is -3.71. The normalized spacial score (nSPS) is 12.2. The van der Waals surface area contributed by atoms with Gasteiger partial charge in [0.1, 0.15) is 6.54 Å². The van der Waals surface area contributed by atoms with Crippen LogP contribution in [0.15, 0.2) is 42.5 Å². The van der Waals surface area contributed by atoms with E-state index in [1.807, 2.05) is 13.0 Å². The van der Waals surface area contributed by atoms with Crippen molar-refractivity contribution in [1.29, 1.82) is 0 Å². The van der Waals surface area contributed by atoms with Gasteiger partial charge in [0, 0.05) is 0 Å². The van der Waals surface area contributed by atoms with Gasteiger partial charge in [0.05, 0.1) is 37.2 Å². The van der Waals surface area contributed by atoms with E-state index in [1.54, 1.807) is 43.5 Å². The van der Waals surface area contributed by atoms with Gasteiger partial charge in [-0.15, -0.1) is 0 Å². The number of sulfonamides is 1. The molecule has 0 aromatic heterocycles. The Morgan fingerprint density at radius 1 is 1.14 bits per heavy atom. The molecule has 9 heteroatoms. The van der Waals surface area contributed by atoms with E-state index in [-0.39, 0.29) is 23.3 Å². The minimum absolute atomic E-state index is 0.248. The molecule has 1 amide bonds. The molecule has 0 aliphatic carbocycles. The lowest BCUT2D eigenvalue weighted by Crippen LogP contribution is -2.41. The van der Waals surface area contributed by atoms with E-state index in [0.717, 1.165) is 16.1 Å². The average Bonchev–Trinajstić information content (AvgIpc) is 2.69. The topological polar surface area (TPSA) is 84.9 Å². The third-order valence-corrected chi connectivity index (χ3v) is 5.81. The van der Waals surface area contributed by atoms with Crippen LogP contribution >= 0.6 is 11.6 Å². The van der Waals surface area contributed by atoms with E-state index in [4.69, 9.17) is 21.1 Å². The first-order valence-electron chi connectivity index (χ1n) is 8.94. The number of ether oxygens (including phenoxy) is 2. The highest BCUT2D eigenvalue weighted by atomic mass is 35.5. The zero-order valence-electron chi connectivity index (χ0n) is 16.8. The zero-order valence-corrected chi connectivity index (χ0v) is 18.4. The molecule has 0 fully saturated rings. The van der Waals surface area contributed by atoms with Gasteiger partial charge in [0.25, 0.3) is 0 Å². The highest BCUT2D eigenvalue weighted by Crippen LogP contribution is 2.31. The standard InChI is InChI=1S/C20H25ClN2O5S/c1-5-16(14-10-11-18(27-2)19(12-14)28-3)22-20(24)13-23(29(4,25)26)17-9-7-6-8-15(17)21/h6-12,16H,5,13H2,1-4H3,(H,22,24)/t16-/m0/s1. The molecule has 0 bridgehead atoms. The second-order valence-electron chi connectivity index (χ2n) is 6.36. The number of para-hydroxylation sites is 1. The quantitative estimate of drug-likeness (QED) is 0.646. The first kappa shape index (κ1) is 22.8. The molecule has 7 nitrogen and oxygen atoms in total. The lowest BCUT2D eigenvalue weighted by molar-refractivity contribution is -0.120. The molecule has 0 heterocycles. The van der Waals surface area contributed by atoms with Crippen molar-refractivity contribution in [2.24, 2.45) is 0 Å². The molecule has 1 N–H and O–H groups in total. The second-order valence-corrected chi connectivity index (χ2v) is 8.68. The van der Waals surface area contributed by atoms with E-state index in [0.29, 0.717) is 17.9 Å². The molecule has 1 atom stereocenters. The summed E-state index contributed by atoms with van der Waals surface area (Å²) >= 11 is 6.14. The van der Waals surface area contributed by atoms with Crippen molar-refractivity contribution < 1.29 is 22.7 Å². The minimum Gasteiger partial charge on any atom is -0.493 e. The van der Waals surface area contributed by atoms with Crippen LogP contribution in [-0.2, 0) is 14.8 Å². The number of nitrogens with zero attached hydrogens (tertiary/aromatic N) is 1. The lowest BCUT2D eigenvalue weighted by atomic mass is 10.0. The third kappa shape index (κ3) is 5.77. The molecule has 2 aromatic carbocycles. The van der Waals surface area contributed by atoms with Crippen LogP contribution in [0.3, 0.4) is 0 Å². The van der Waals surface area contributed by atoms with Crippen LogP contribution in [0.5, 0.6) is 11.5 Å². The van der Waals surface area contributed by atoms with Gasteiger partial charge in [-0.2, -0.15) is 0 Å². The van der Waals surface area contributed by atoms with Crippen LogP contribution in [-0.4, -0.2) is 41.3 Å². The summed E-state index contributed by atoms with van der Waals surface area (Å²) in [6.07, 6.45) is 1.64. The van der Waals surface area contributed by atoms with E-state index in [1.165, 1.54) is 7.11 Å². The number of rotatable bonds is 9. The van der Waals surface area contributed by atoms with Crippen molar-refractivity contribution >= 4 is 33.2 Å². The number of nitrogens with one attached hydrogen (secondary N) is 1. The molecule has 0 radical (unpaired) electrons. The molecule has 0 saturated carbocycles. The van der Waals surface area contributed by atoms with Gasteiger partial charge < -0.3 is 14.8 Å². The number of carbonyl (C=O) groups is 1. The Hall–Kier alpha value is -2.45. The van der Waals surface area contributed by atoms with Crippen LogP contribution in [0.1, 0.15) is 24.9 Å². The molecule has 158 valence electrons. The molecular formula is C20H25ClN2O5S.